The van der Waals surface area contributed by atoms with E-state index in [1.54, 1.807) is 32.4 Å². The molecule has 3 aromatic rings. The molecule has 3 rings (SSSR count). The number of benzene rings is 1. The molecule has 1 aromatic carbocycles. The Balaban J connectivity index is 1.91. The second kappa shape index (κ2) is 6.41. The molecule has 0 spiro atoms. The highest BCUT2D eigenvalue weighted by atomic mass is 16.5. The topological polar surface area (TPSA) is 95.1 Å². The van der Waals surface area contributed by atoms with Gasteiger partial charge < -0.3 is 15.8 Å². The summed E-state index contributed by atoms with van der Waals surface area (Å²) in [5.74, 6) is 1.30. The summed E-state index contributed by atoms with van der Waals surface area (Å²) in [7, 11) is 3.22. The number of aryl methyl sites for hydroxylation is 1. The van der Waals surface area contributed by atoms with Crippen LogP contribution in [0.15, 0.2) is 48.7 Å². The number of hydrogen-bond acceptors (Lipinski definition) is 5. The summed E-state index contributed by atoms with van der Waals surface area (Å²) in [6.45, 7) is 0. The Hall–Kier alpha value is -3.35. The van der Waals surface area contributed by atoms with Gasteiger partial charge in [0.15, 0.2) is 0 Å². The van der Waals surface area contributed by atoms with Gasteiger partial charge in [0.05, 0.1) is 11.9 Å². The zero-order valence-electron chi connectivity index (χ0n) is 13.4. The van der Waals surface area contributed by atoms with Crippen LogP contribution >= 0.6 is 0 Å². The number of ether oxygens (including phenoxy) is 1. The number of nitrogens with two attached hydrogens (primary N) is 1. The first kappa shape index (κ1) is 15.5. The molecule has 2 aromatic heterocycles. The molecule has 3 N–H and O–H groups in total. The van der Waals surface area contributed by atoms with Crippen molar-refractivity contribution in [3.8, 4) is 22.9 Å². The molecule has 0 radical (unpaired) electrons. The highest BCUT2D eigenvalue weighted by Crippen LogP contribution is 2.27. The summed E-state index contributed by atoms with van der Waals surface area (Å²) in [6, 6.07) is 12.9. The van der Waals surface area contributed by atoms with Crippen LogP contribution in [-0.2, 0) is 7.05 Å². The number of carbonyl (C=O) groups is 1. The number of hydrogen-bond donors (Lipinski definition) is 2. The van der Waals surface area contributed by atoms with E-state index in [0.29, 0.717) is 22.7 Å². The Morgan fingerprint density at radius 2 is 1.92 bits per heavy atom. The van der Waals surface area contributed by atoms with Crippen LogP contribution in [0.2, 0.25) is 0 Å². The fourth-order valence-electron chi connectivity index (χ4n) is 2.27. The van der Waals surface area contributed by atoms with E-state index in [-0.39, 0.29) is 11.7 Å². The lowest BCUT2D eigenvalue weighted by Crippen LogP contribution is -2.19. The van der Waals surface area contributed by atoms with Crippen molar-refractivity contribution in [2.24, 2.45) is 7.05 Å². The quantitative estimate of drug-likeness (QED) is 0.767. The standard InChI is InChI=1S/C17H17N5O2/c1-19-17(23)14-15(21-22(2)16(14)18)13-9-8-12(10-20-13)24-11-6-4-3-5-7-11/h3-10H,18H2,1-2H3,(H,19,23). The van der Waals surface area contributed by atoms with E-state index in [4.69, 9.17) is 10.5 Å². The van der Waals surface area contributed by atoms with E-state index >= 15 is 0 Å². The van der Waals surface area contributed by atoms with Crippen molar-refractivity contribution in [1.29, 1.82) is 0 Å². The first-order chi connectivity index (χ1) is 11.6. The molecule has 2 heterocycles. The van der Waals surface area contributed by atoms with Gasteiger partial charge in [0.2, 0.25) is 0 Å². The lowest BCUT2D eigenvalue weighted by Gasteiger charge is -2.06. The van der Waals surface area contributed by atoms with Gasteiger partial charge in [0.1, 0.15) is 28.6 Å². The molecular formula is C17H17N5O2. The van der Waals surface area contributed by atoms with E-state index in [9.17, 15) is 4.79 Å². The molecular weight excluding hydrogens is 306 g/mol. The minimum Gasteiger partial charge on any atom is -0.456 e. The second-order valence-corrected chi connectivity index (χ2v) is 5.11. The molecule has 0 fully saturated rings. The Morgan fingerprint density at radius 1 is 1.17 bits per heavy atom. The number of anilines is 1. The highest BCUT2D eigenvalue weighted by Gasteiger charge is 2.22. The van der Waals surface area contributed by atoms with Crippen LogP contribution in [0, 0.1) is 0 Å². The molecule has 0 saturated heterocycles. The third-order valence-electron chi connectivity index (χ3n) is 3.50. The second-order valence-electron chi connectivity index (χ2n) is 5.11. The van der Waals surface area contributed by atoms with Crippen LogP contribution in [0.25, 0.3) is 11.4 Å². The molecule has 0 aliphatic carbocycles. The smallest absolute Gasteiger partial charge is 0.257 e. The normalized spacial score (nSPS) is 10.4. The molecule has 0 aliphatic heterocycles. The summed E-state index contributed by atoms with van der Waals surface area (Å²) in [5, 5.41) is 6.86. The van der Waals surface area contributed by atoms with Crippen molar-refractivity contribution in [2.45, 2.75) is 0 Å². The molecule has 0 bridgehead atoms. The van der Waals surface area contributed by atoms with Gasteiger partial charge in [0.25, 0.3) is 5.91 Å². The number of para-hydroxylation sites is 1. The third-order valence-corrected chi connectivity index (χ3v) is 3.50. The first-order valence-corrected chi connectivity index (χ1v) is 7.34. The lowest BCUT2D eigenvalue weighted by molar-refractivity contribution is 0.0964. The maximum Gasteiger partial charge on any atom is 0.257 e. The monoisotopic (exact) mass is 323 g/mol. The average Bonchev–Trinajstić information content (AvgIpc) is 2.91. The summed E-state index contributed by atoms with van der Waals surface area (Å²) in [4.78, 5) is 16.4. The average molecular weight is 323 g/mol. The molecule has 7 nitrogen and oxygen atoms in total. The fraction of sp³-hybridized carbons (Fsp3) is 0.118. The Morgan fingerprint density at radius 3 is 2.54 bits per heavy atom. The van der Waals surface area contributed by atoms with Crippen LogP contribution in [0.3, 0.4) is 0 Å². The van der Waals surface area contributed by atoms with Gasteiger partial charge in [-0.3, -0.25) is 14.5 Å². The van der Waals surface area contributed by atoms with Gasteiger partial charge in [-0.25, -0.2) is 0 Å². The minimum absolute atomic E-state index is 0.288. The van der Waals surface area contributed by atoms with Crippen LogP contribution in [0.1, 0.15) is 10.4 Å². The van der Waals surface area contributed by atoms with E-state index in [1.807, 2.05) is 30.3 Å². The van der Waals surface area contributed by atoms with Gasteiger partial charge in [-0.05, 0) is 24.3 Å². The summed E-state index contributed by atoms with van der Waals surface area (Å²) < 4.78 is 7.16. The summed E-state index contributed by atoms with van der Waals surface area (Å²) in [6.07, 6.45) is 1.58. The van der Waals surface area contributed by atoms with E-state index < -0.39 is 0 Å². The third kappa shape index (κ3) is 2.91. The van der Waals surface area contributed by atoms with Crippen molar-refractivity contribution in [3.63, 3.8) is 0 Å². The number of carbonyl (C=O) groups excluding carboxylic acids is 1. The Bertz CT molecular complexity index is 857. The van der Waals surface area contributed by atoms with Crippen LogP contribution in [0.4, 0.5) is 5.82 Å². The van der Waals surface area contributed by atoms with Gasteiger partial charge in [0, 0.05) is 14.1 Å². The Kier molecular flexibility index (Phi) is 4.15. The van der Waals surface area contributed by atoms with E-state index in [1.165, 1.54) is 4.68 Å². The maximum absolute atomic E-state index is 12.1. The molecule has 0 unspecified atom stereocenters. The zero-order valence-corrected chi connectivity index (χ0v) is 13.4. The molecule has 7 heteroatoms. The first-order valence-electron chi connectivity index (χ1n) is 7.34. The number of rotatable bonds is 4. The van der Waals surface area contributed by atoms with Crippen molar-refractivity contribution >= 4 is 11.7 Å². The summed E-state index contributed by atoms with van der Waals surface area (Å²) >= 11 is 0. The largest absolute Gasteiger partial charge is 0.456 e. The predicted octanol–water partition coefficient (Wildman–Crippen LogP) is 2.22. The number of nitrogens with one attached hydrogen (secondary N) is 1. The number of pyridine rings is 1. The van der Waals surface area contributed by atoms with Gasteiger partial charge in [-0.1, -0.05) is 18.2 Å². The maximum atomic E-state index is 12.1. The van der Waals surface area contributed by atoms with Crippen molar-refractivity contribution in [3.05, 3.63) is 54.2 Å². The highest BCUT2D eigenvalue weighted by molar-refractivity contribution is 6.03. The number of amides is 1. The zero-order chi connectivity index (χ0) is 17.1. The molecule has 0 atom stereocenters. The van der Waals surface area contributed by atoms with Crippen molar-refractivity contribution < 1.29 is 9.53 Å². The van der Waals surface area contributed by atoms with Crippen molar-refractivity contribution in [1.82, 2.24) is 20.1 Å². The fourth-order valence-corrected chi connectivity index (χ4v) is 2.27. The predicted molar refractivity (Wildman–Crippen MR) is 90.8 cm³/mol. The summed E-state index contributed by atoms with van der Waals surface area (Å²) in [5.41, 5.74) is 7.22. The number of nitrogens with zero attached hydrogens (tertiary/aromatic N) is 3. The lowest BCUT2D eigenvalue weighted by atomic mass is 10.1. The molecule has 1 amide bonds. The van der Waals surface area contributed by atoms with Crippen LogP contribution < -0.4 is 15.8 Å². The number of aromatic nitrogens is 3. The van der Waals surface area contributed by atoms with Crippen LogP contribution in [-0.4, -0.2) is 27.7 Å². The van der Waals surface area contributed by atoms with Gasteiger partial charge in [-0.15, -0.1) is 0 Å². The molecule has 0 aliphatic rings. The number of nitrogen functional groups attached to an aromatic ring is 1. The van der Waals surface area contributed by atoms with Gasteiger partial charge in [-0.2, -0.15) is 5.10 Å². The SMILES string of the molecule is CNC(=O)c1c(-c2ccc(Oc3ccccc3)cn2)nn(C)c1N. The van der Waals surface area contributed by atoms with Gasteiger partial charge >= 0.3 is 0 Å². The minimum atomic E-state index is -0.304. The van der Waals surface area contributed by atoms with E-state index in [2.05, 4.69) is 15.4 Å². The molecule has 24 heavy (non-hydrogen) atoms. The van der Waals surface area contributed by atoms with Crippen LogP contribution in [0.5, 0.6) is 11.5 Å². The Labute approximate surface area is 139 Å². The van der Waals surface area contributed by atoms with E-state index in [0.717, 1.165) is 5.75 Å². The molecule has 122 valence electrons. The molecule has 0 saturated carbocycles. The van der Waals surface area contributed by atoms with Crippen molar-refractivity contribution in [2.75, 3.05) is 12.8 Å².